The van der Waals surface area contributed by atoms with Gasteiger partial charge >= 0.3 is 0 Å². The van der Waals surface area contributed by atoms with Crippen LogP contribution in [0.25, 0.3) is 0 Å². The first kappa shape index (κ1) is 14.3. The summed E-state index contributed by atoms with van der Waals surface area (Å²) in [4.78, 5) is 14.2. The summed E-state index contributed by atoms with van der Waals surface area (Å²) in [7, 11) is 0. The monoisotopic (exact) mass is 284 g/mol. The molecule has 0 aliphatic carbocycles. The van der Waals surface area contributed by atoms with Crippen LogP contribution in [0, 0.1) is 13.8 Å². The van der Waals surface area contributed by atoms with Crippen molar-refractivity contribution < 1.29 is 4.79 Å². The molecule has 0 aromatic carbocycles. The number of rotatable bonds is 2. The van der Waals surface area contributed by atoms with Gasteiger partial charge in [-0.1, -0.05) is 11.6 Å². The normalized spacial score (nSPS) is 23.7. The van der Waals surface area contributed by atoms with Gasteiger partial charge in [0.1, 0.15) is 6.54 Å². The number of hydrogen-bond acceptors (Lipinski definition) is 3. The molecule has 19 heavy (non-hydrogen) atoms. The fourth-order valence-corrected chi connectivity index (χ4v) is 2.72. The van der Waals surface area contributed by atoms with Crippen LogP contribution in [0.4, 0.5) is 0 Å². The first-order chi connectivity index (χ1) is 8.88. The molecule has 1 aliphatic heterocycles. The van der Waals surface area contributed by atoms with Gasteiger partial charge in [0.2, 0.25) is 5.91 Å². The summed E-state index contributed by atoms with van der Waals surface area (Å²) in [5, 5.41) is 8.37. The van der Waals surface area contributed by atoms with E-state index in [1.807, 2.05) is 18.7 Å². The number of nitrogens with one attached hydrogen (secondary N) is 1. The van der Waals surface area contributed by atoms with E-state index in [1.165, 1.54) is 0 Å². The van der Waals surface area contributed by atoms with Gasteiger partial charge in [-0.25, -0.2) is 0 Å². The SMILES string of the molecule is Cc1nn(CC(=O)N2CC(C)NC(C)C2)c(C)c1Cl. The zero-order valence-corrected chi connectivity index (χ0v) is 12.7. The average molecular weight is 285 g/mol. The van der Waals surface area contributed by atoms with Gasteiger partial charge in [0, 0.05) is 25.2 Å². The molecule has 1 aromatic rings. The molecule has 106 valence electrons. The van der Waals surface area contributed by atoms with Crippen LogP contribution in [0.5, 0.6) is 0 Å². The molecule has 1 N–H and O–H groups in total. The molecule has 2 rings (SSSR count). The molecular formula is C13H21ClN4O. The van der Waals surface area contributed by atoms with Crippen LogP contribution in [-0.2, 0) is 11.3 Å². The quantitative estimate of drug-likeness (QED) is 0.892. The van der Waals surface area contributed by atoms with E-state index in [2.05, 4.69) is 24.3 Å². The second-order valence-corrected chi connectivity index (χ2v) is 5.79. The molecular weight excluding hydrogens is 264 g/mol. The molecule has 1 aliphatic rings. The summed E-state index contributed by atoms with van der Waals surface area (Å²) in [6.45, 7) is 9.68. The van der Waals surface area contributed by atoms with E-state index in [0.29, 0.717) is 17.1 Å². The second kappa shape index (κ2) is 5.51. The summed E-state index contributed by atoms with van der Waals surface area (Å²) in [6, 6.07) is 0.661. The number of carbonyl (C=O) groups excluding carboxylic acids is 1. The highest BCUT2D eigenvalue weighted by molar-refractivity contribution is 6.31. The van der Waals surface area contributed by atoms with E-state index in [1.54, 1.807) is 4.68 Å². The Morgan fingerprint density at radius 2 is 1.95 bits per heavy atom. The van der Waals surface area contributed by atoms with Crippen molar-refractivity contribution in [1.82, 2.24) is 20.0 Å². The van der Waals surface area contributed by atoms with Gasteiger partial charge in [0.25, 0.3) is 0 Å². The molecule has 2 atom stereocenters. The lowest BCUT2D eigenvalue weighted by atomic mass is 10.1. The van der Waals surface area contributed by atoms with E-state index in [-0.39, 0.29) is 12.5 Å². The molecule has 1 saturated heterocycles. The number of nitrogens with zero attached hydrogens (tertiary/aromatic N) is 3. The smallest absolute Gasteiger partial charge is 0.244 e. The summed E-state index contributed by atoms with van der Waals surface area (Å²) in [6.07, 6.45) is 0. The molecule has 1 fully saturated rings. The Morgan fingerprint density at radius 1 is 1.37 bits per heavy atom. The highest BCUT2D eigenvalue weighted by Gasteiger charge is 2.25. The lowest BCUT2D eigenvalue weighted by molar-refractivity contribution is -0.133. The molecule has 1 aromatic heterocycles. The molecule has 0 spiro atoms. The fourth-order valence-electron chi connectivity index (χ4n) is 2.59. The van der Waals surface area contributed by atoms with Gasteiger partial charge < -0.3 is 10.2 Å². The predicted octanol–water partition coefficient (Wildman–Crippen LogP) is 1.36. The van der Waals surface area contributed by atoms with Crippen LogP contribution in [-0.4, -0.2) is 45.8 Å². The Labute approximate surface area is 118 Å². The minimum atomic E-state index is 0.0995. The van der Waals surface area contributed by atoms with Gasteiger partial charge in [-0.05, 0) is 27.7 Å². The molecule has 2 unspecified atom stereocenters. The number of hydrogen-bond donors (Lipinski definition) is 1. The Morgan fingerprint density at radius 3 is 2.42 bits per heavy atom. The molecule has 0 bridgehead atoms. The Hall–Kier alpha value is -1.07. The highest BCUT2D eigenvalue weighted by atomic mass is 35.5. The van der Waals surface area contributed by atoms with Crippen molar-refractivity contribution in [3.05, 3.63) is 16.4 Å². The largest absolute Gasteiger partial charge is 0.338 e. The van der Waals surface area contributed by atoms with Crippen molar-refractivity contribution in [3.63, 3.8) is 0 Å². The Kier molecular flexibility index (Phi) is 4.16. The van der Waals surface area contributed by atoms with Crippen molar-refractivity contribution in [3.8, 4) is 0 Å². The van der Waals surface area contributed by atoms with Gasteiger partial charge in [-0.2, -0.15) is 5.10 Å². The lowest BCUT2D eigenvalue weighted by Crippen LogP contribution is -2.56. The van der Waals surface area contributed by atoms with E-state index in [9.17, 15) is 4.79 Å². The van der Waals surface area contributed by atoms with Crippen molar-refractivity contribution in [2.75, 3.05) is 13.1 Å². The first-order valence-corrected chi connectivity index (χ1v) is 6.99. The van der Waals surface area contributed by atoms with Crippen LogP contribution in [0.3, 0.4) is 0 Å². The summed E-state index contributed by atoms with van der Waals surface area (Å²) in [5.41, 5.74) is 1.62. The minimum absolute atomic E-state index is 0.0995. The molecule has 6 heteroatoms. The van der Waals surface area contributed by atoms with Gasteiger partial charge in [0.05, 0.1) is 16.4 Å². The standard InChI is InChI=1S/C13H21ClN4O/c1-8-5-17(6-9(2)15-8)12(19)7-18-11(4)13(14)10(3)16-18/h8-9,15H,5-7H2,1-4H3. The average Bonchev–Trinajstić information content (AvgIpc) is 2.56. The maximum Gasteiger partial charge on any atom is 0.244 e. The zero-order chi connectivity index (χ0) is 14.2. The van der Waals surface area contributed by atoms with Gasteiger partial charge in [-0.3, -0.25) is 9.48 Å². The lowest BCUT2D eigenvalue weighted by Gasteiger charge is -2.36. The zero-order valence-electron chi connectivity index (χ0n) is 11.9. The molecule has 1 amide bonds. The van der Waals surface area contributed by atoms with Gasteiger partial charge in [0.15, 0.2) is 0 Å². The number of aromatic nitrogens is 2. The maximum absolute atomic E-state index is 12.3. The van der Waals surface area contributed by atoms with E-state index < -0.39 is 0 Å². The third kappa shape index (κ3) is 3.09. The number of amides is 1. The van der Waals surface area contributed by atoms with Crippen LogP contribution < -0.4 is 5.32 Å². The first-order valence-electron chi connectivity index (χ1n) is 6.61. The summed E-state index contributed by atoms with van der Waals surface area (Å²) < 4.78 is 1.69. The molecule has 2 heterocycles. The fraction of sp³-hybridized carbons (Fsp3) is 0.692. The van der Waals surface area contributed by atoms with Crippen molar-refractivity contribution in [2.45, 2.75) is 46.3 Å². The van der Waals surface area contributed by atoms with Crippen molar-refractivity contribution in [2.24, 2.45) is 0 Å². The van der Waals surface area contributed by atoms with Crippen LogP contribution in [0.1, 0.15) is 25.2 Å². The number of aryl methyl sites for hydroxylation is 1. The second-order valence-electron chi connectivity index (χ2n) is 5.41. The van der Waals surface area contributed by atoms with Crippen LogP contribution >= 0.6 is 11.6 Å². The van der Waals surface area contributed by atoms with E-state index in [0.717, 1.165) is 24.5 Å². The van der Waals surface area contributed by atoms with Crippen molar-refractivity contribution in [1.29, 1.82) is 0 Å². The predicted molar refractivity (Wildman–Crippen MR) is 75.4 cm³/mol. The number of piperazine rings is 1. The molecule has 0 radical (unpaired) electrons. The maximum atomic E-state index is 12.3. The molecule has 0 saturated carbocycles. The highest BCUT2D eigenvalue weighted by Crippen LogP contribution is 2.19. The summed E-state index contributed by atoms with van der Waals surface area (Å²) >= 11 is 6.10. The van der Waals surface area contributed by atoms with Gasteiger partial charge in [-0.15, -0.1) is 0 Å². The Balaban J connectivity index is 2.06. The number of carbonyl (C=O) groups is 1. The van der Waals surface area contributed by atoms with Crippen LogP contribution in [0.2, 0.25) is 5.02 Å². The number of halogens is 1. The van der Waals surface area contributed by atoms with Crippen molar-refractivity contribution >= 4 is 17.5 Å². The minimum Gasteiger partial charge on any atom is -0.338 e. The van der Waals surface area contributed by atoms with E-state index >= 15 is 0 Å². The summed E-state index contributed by atoms with van der Waals surface area (Å²) in [5.74, 6) is 0.0995. The van der Waals surface area contributed by atoms with Crippen LogP contribution in [0.15, 0.2) is 0 Å². The van der Waals surface area contributed by atoms with E-state index in [4.69, 9.17) is 11.6 Å². The Bertz CT molecular complexity index is 475. The molecule has 5 nitrogen and oxygen atoms in total. The topological polar surface area (TPSA) is 50.2 Å². The third-order valence-electron chi connectivity index (χ3n) is 3.49. The third-order valence-corrected chi connectivity index (χ3v) is 4.04.